The van der Waals surface area contributed by atoms with Crippen LogP contribution in [0.3, 0.4) is 0 Å². The Labute approximate surface area is 94.6 Å². The monoisotopic (exact) mass is 246 g/mol. The predicted octanol–water partition coefficient (Wildman–Crippen LogP) is 2.19. The number of aromatic nitrogens is 4. The number of benzene rings is 1. The molecule has 0 aliphatic rings. The highest BCUT2D eigenvalue weighted by atomic mass is 35.5. The Balaban J connectivity index is 2.62. The lowest BCUT2D eigenvalue weighted by atomic mass is 10.2. The first-order valence-electron chi connectivity index (χ1n) is 4.00. The molecule has 78 valence electrons. The molecular formula is C8H5Cl2FN4. The summed E-state index contributed by atoms with van der Waals surface area (Å²) in [4.78, 5) is 0. The van der Waals surface area contributed by atoms with Gasteiger partial charge in [-0.2, -0.15) is 0 Å². The van der Waals surface area contributed by atoms with E-state index in [4.69, 9.17) is 23.2 Å². The van der Waals surface area contributed by atoms with Crippen molar-refractivity contribution in [1.82, 2.24) is 20.2 Å². The Morgan fingerprint density at radius 3 is 2.80 bits per heavy atom. The summed E-state index contributed by atoms with van der Waals surface area (Å²) in [5.74, 6) is -0.540. The molecule has 1 heterocycles. The molecule has 0 atom stereocenters. The molecule has 0 amide bonds. The smallest absolute Gasteiger partial charge is 0.148 e. The first kappa shape index (κ1) is 10.3. The third kappa shape index (κ3) is 1.80. The van der Waals surface area contributed by atoms with Crippen molar-refractivity contribution in [2.24, 2.45) is 0 Å². The molecular weight excluding hydrogens is 242 g/mol. The van der Waals surface area contributed by atoms with Gasteiger partial charge in [-0.05, 0) is 22.6 Å². The second-order valence-corrected chi connectivity index (χ2v) is 3.42. The van der Waals surface area contributed by atoms with Gasteiger partial charge in [0.25, 0.3) is 0 Å². The lowest BCUT2D eigenvalue weighted by Gasteiger charge is -2.07. The average Bonchev–Trinajstić information content (AvgIpc) is 2.75. The highest BCUT2D eigenvalue weighted by Crippen LogP contribution is 2.25. The molecule has 0 N–H and O–H groups in total. The minimum Gasteiger partial charge on any atom is -0.205 e. The Bertz CT molecular complexity index is 472. The highest BCUT2D eigenvalue weighted by Gasteiger charge is 2.13. The minimum absolute atomic E-state index is 0.00157. The van der Waals surface area contributed by atoms with Gasteiger partial charge in [0.1, 0.15) is 12.1 Å². The molecule has 1 aromatic carbocycles. The van der Waals surface area contributed by atoms with Crippen molar-refractivity contribution >= 4 is 23.2 Å². The van der Waals surface area contributed by atoms with E-state index >= 15 is 0 Å². The van der Waals surface area contributed by atoms with Gasteiger partial charge >= 0.3 is 0 Å². The van der Waals surface area contributed by atoms with Crippen molar-refractivity contribution < 1.29 is 4.39 Å². The minimum atomic E-state index is -0.542. The highest BCUT2D eigenvalue weighted by molar-refractivity contribution is 6.31. The van der Waals surface area contributed by atoms with E-state index in [9.17, 15) is 4.39 Å². The first-order chi connectivity index (χ1) is 7.24. The largest absolute Gasteiger partial charge is 0.205 e. The number of halogens is 3. The zero-order valence-electron chi connectivity index (χ0n) is 7.36. The number of nitrogens with zero attached hydrogens (tertiary/aromatic N) is 4. The van der Waals surface area contributed by atoms with Crippen LogP contribution in [0.25, 0.3) is 5.69 Å². The van der Waals surface area contributed by atoms with Crippen LogP contribution in [-0.4, -0.2) is 20.2 Å². The van der Waals surface area contributed by atoms with E-state index in [-0.39, 0.29) is 16.5 Å². The van der Waals surface area contributed by atoms with Crippen molar-refractivity contribution in [3.8, 4) is 5.69 Å². The van der Waals surface area contributed by atoms with Crippen LogP contribution < -0.4 is 0 Å². The number of hydrogen-bond acceptors (Lipinski definition) is 3. The van der Waals surface area contributed by atoms with Crippen LogP contribution in [0.2, 0.25) is 5.02 Å². The average molecular weight is 247 g/mol. The van der Waals surface area contributed by atoms with E-state index in [1.165, 1.54) is 17.1 Å². The topological polar surface area (TPSA) is 43.6 Å². The summed E-state index contributed by atoms with van der Waals surface area (Å²) >= 11 is 11.3. The van der Waals surface area contributed by atoms with Crippen molar-refractivity contribution in [2.75, 3.05) is 0 Å². The van der Waals surface area contributed by atoms with E-state index < -0.39 is 5.82 Å². The van der Waals surface area contributed by atoms with Gasteiger partial charge in [0.15, 0.2) is 0 Å². The molecule has 0 saturated heterocycles. The molecule has 0 bridgehead atoms. The Kier molecular flexibility index (Phi) is 2.83. The van der Waals surface area contributed by atoms with E-state index in [1.807, 2.05) is 0 Å². The molecule has 2 rings (SSSR count). The Hall–Kier alpha value is -1.20. The maximum absolute atomic E-state index is 13.6. The van der Waals surface area contributed by atoms with E-state index in [2.05, 4.69) is 15.5 Å². The van der Waals surface area contributed by atoms with Crippen molar-refractivity contribution in [3.05, 3.63) is 34.9 Å². The van der Waals surface area contributed by atoms with Gasteiger partial charge < -0.3 is 0 Å². The van der Waals surface area contributed by atoms with Gasteiger partial charge in [-0.25, -0.2) is 9.07 Å². The van der Waals surface area contributed by atoms with E-state index in [0.717, 1.165) is 0 Å². The molecule has 15 heavy (non-hydrogen) atoms. The number of rotatable bonds is 2. The summed E-state index contributed by atoms with van der Waals surface area (Å²) in [6.07, 6.45) is 1.36. The lowest BCUT2D eigenvalue weighted by Crippen LogP contribution is -2.02. The van der Waals surface area contributed by atoms with Crippen LogP contribution in [0.4, 0.5) is 4.39 Å². The molecule has 0 spiro atoms. The summed E-state index contributed by atoms with van der Waals surface area (Å²) in [5, 5.41) is 10.6. The normalized spacial score (nSPS) is 10.6. The van der Waals surface area contributed by atoms with Gasteiger partial charge in [-0.3, -0.25) is 0 Å². The molecule has 0 aliphatic heterocycles. The maximum Gasteiger partial charge on any atom is 0.148 e. The molecule has 0 aliphatic carbocycles. The van der Waals surface area contributed by atoms with Crippen LogP contribution in [0.15, 0.2) is 18.5 Å². The van der Waals surface area contributed by atoms with Crippen molar-refractivity contribution in [3.63, 3.8) is 0 Å². The lowest BCUT2D eigenvalue weighted by molar-refractivity contribution is 0.613. The van der Waals surface area contributed by atoms with Crippen LogP contribution in [0.1, 0.15) is 5.56 Å². The van der Waals surface area contributed by atoms with Gasteiger partial charge in [0.2, 0.25) is 0 Å². The van der Waals surface area contributed by atoms with Gasteiger partial charge in [0.05, 0.1) is 16.6 Å². The van der Waals surface area contributed by atoms with E-state index in [0.29, 0.717) is 5.69 Å². The SMILES string of the molecule is Fc1c(Cl)ccc(-n2cnnn2)c1CCl. The fourth-order valence-corrected chi connectivity index (χ4v) is 1.63. The predicted molar refractivity (Wildman–Crippen MR) is 53.7 cm³/mol. The summed E-state index contributed by atoms with van der Waals surface area (Å²) < 4.78 is 14.9. The standard InChI is InChI=1S/C8H5Cl2FN4/c9-3-5-7(15-4-12-13-14-15)2-1-6(10)8(5)11/h1-2,4H,3H2. The molecule has 0 saturated carbocycles. The maximum atomic E-state index is 13.6. The third-order valence-corrected chi connectivity index (χ3v) is 2.46. The molecule has 4 nitrogen and oxygen atoms in total. The second kappa shape index (κ2) is 4.12. The molecule has 7 heteroatoms. The van der Waals surface area contributed by atoms with Crippen molar-refractivity contribution in [2.45, 2.75) is 5.88 Å². The zero-order valence-corrected chi connectivity index (χ0v) is 8.87. The molecule has 2 aromatic rings. The quantitative estimate of drug-likeness (QED) is 0.764. The number of tetrazole rings is 1. The zero-order chi connectivity index (χ0) is 10.8. The van der Waals surface area contributed by atoms with Crippen molar-refractivity contribution in [1.29, 1.82) is 0 Å². The Morgan fingerprint density at radius 2 is 2.20 bits per heavy atom. The fourth-order valence-electron chi connectivity index (χ4n) is 1.20. The van der Waals surface area contributed by atoms with Gasteiger partial charge in [-0.15, -0.1) is 16.7 Å². The van der Waals surface area contributed by atoms with Crippen LogP contribution in [0, 0.1) is 5.82 Å². The third-order valence-electron chi connectivity index (χ3n) is 1.90. The Morgan fingerprint density at radius 1 is 1.40 bits per heavy atom. The number of alkyl halides is 1. The number of hydrogen-bond donors (Lipinski definition) is 0. The van der Waals surface area contributed by atoms with Crippen LogP contribution >= 0.6 is 23.2 Å². The summed E-state index contributed by atoms with van der Waals surface area (Å²) in [6.45, 7) is 0. The van der Waals surface area contributed by atoms with Crippen LogP contribution in [-0.2, 0) is 5.88 Å². The summed E-state index contributed by atoms with van der Waals surface area (Å²) in [7, 11) is 0. The fraction of sp³-hybridized carbons (Fsp3) is 0.125. The molecule has 0 fully saturated rings. The molecule has 0 radical (unpaired) electrons. The summed E-state index contributed by atoms with van der Waals surface area (Å²) in [6, 6.07) is 3.05. The molecule has 1 aromatic heterocycles. The first-order valence-corrected chi connectivity index (χ1v) is 4.91. The van der Waals surface area contributed by atoms with E-state index in [1.54, 1.807) is 6.07 Å². The summed E-state index contributed by atoms with van der Waals surface area (Å²) in [5.41, 5.74) is 0.758. The molecule has 0 unspecified atom stereocenters. The van der Waals surface area contributed by atoms with Gasteiger partial charge in [0, 0.05) is 5.56 Å². The van der Waals surface area contributed by atoms with Gasteiger partial charge in [-0.1, -0.05) is 11.6 Å². The van der Waals surface area contributed by atoms with Crippen LogP contribution in [0.5, 0.6) is 0 Å². The second-order valence-electron chi connectivity index (χ2n) is 2.75.